The van der Waals surface area contributed by atoms with Crippen LogP contribution in [0.3, 0.4) is 0 Å². The highest BCUT2D eigenvalue weighted by atomic mass is 32.2. The van der Waals surface area contributed by atoms with Crippen molar-refractivity contribution < 1.29 is 0 Å². The first kappa shape index (κ1) is 13.5. The van der Waals surface area contributed by atoms with Gasteiger partial charge in [0.1, 0.15) is 0 Å². The molecule has 1 atom stereocenters. The van der Waals surface area contributed by atoms with E-state index in [1.54, 1.807) is 0 Å². The number of rotatable bonds is 5. The maximum absolute atomic E-state index is 2.41. The Morgan fingerprint density at radius 3 is 2.60 bits per heavy atom. The lowest BCUT2D eigenvalue weighted by Crippen LogP contribution is -2.10. The molecule has 0 radical (unpaired) electrons. The Morgan fingerprint density at radius 2 is 2.00 bits per heavy atom. The largest absolute Gasteiger partial charge is 0.148 e. The van der Waals surface area contributed by atoms with Gasteiger partial charge in [-0.1, -0.05) is 18.6 Å². The van der Waals surface area contributed by atoms with Crippen molar-refractivity contribution in [2.24, 2.45) is 5.92 Å². The predicted molar refractivity (Wildman–Crippen MR) is 75.8 cm³/mol. The minimum absolute atomic E-state index is 0.889. The highest BCUT2D eigenvalue weighted by Gasteiger charge is 2.16. The number of hydrogen-bond acceptors (Lipinski definition) is 2. The van der Waals surface area contributed by atoms with Crippen LogP contribution < -0.4 is 0 Å². The normalized spacial score (nSPS) is 19.9. The third-order valence-electron chi connectivity index (χ3n) is 2.70. The Kier molecular flexibility index (Phi) is 6.91. The zero-order valence-electron chi connectivity index (χ0n) is 10.3. The van der Waals surface area contributed by atoms with E-state index in [0.717, 1.165) is 10.5 Å². The molecule has 2 heteroatoms. The van der Waals surface area contributed by atoms with Gasteiger partial charge < -0.3 is 0 Å². The van der Waals surface area contributed by atoms with E-state index in [9.17, 15) is 0 Å². The summed E-state index contributed by atoms with van der Waals surface area (Å²) in [5.41, 5.74) is 1.46. The molecule has 0 aromatic rings. The molecule has 1 saturated heterocycles. The van der Waals surface area contributed by atoms with E-state index >= 15 is 0 Å². The van der Waals surface area contributed by atoms with Crippen molar-refractivity contribution in [2.45, 2.75) is 51.0 Å². The first-order valence-corrected chi connectivity index (χ1v) is 8.15. The molecule has 0 N–H and O–H groups in total. The smallest absolute Gasteiger partial charge is 0.0505 e. The van der Waals surface area contributed by atoms with Gasteiger partial charge >= 0.3 is 0 Å². The van der Waals surface area contributed by atoms with E-state index in [1.165, 1.54) is 42.8 Å². The molecule has 15 heavy (non-hydrogen) atoms. The third-order valence-corrected chi connectivity index (χ3v) is 5.70. The molecule has 1 fully saturated rings. The van der Waals surface area contributed by atoms with Gasteiger partial charge in [-0.3, -0.25) is 0 Å². The summed E-state index contributed by atoms with van der Waals surface area (Å²) in [4.78, 5) is 0. The van der Waals surface area contributed by atoms with Gasteiger partial charge in [0.25, 0.3) is 0 Å². The summed E-state index contributed by atoms with van der Waals surface area (Å²) in [7, 11) is 0. The number of hydrogen-bond donors (Lipinski definition) is 0. The summed E-state index contributed by atoms with van der Waals surface area (Å²) in [5.74, 6) is 3.67. The second-order valence-electron chi connectivity index (χ2n) is 4.72. The van der Waals surface area contributed by atoms with Crippen molar-refractivity contribution in [3.8, 4) is 0 Å². The van der Waals surface area contributed by atoms with E-state index in [1.807, 2.05) is 0 Å². The molecule has 1 rings (SSSR count). The van der Waals surface area contributed by atoms with Crippen LogP contribution in [0.25, 0.3) is 0 Å². The third kappa shape index (κ3) is 6.57. The molecule has 88 valence electrons. The van der Waals surface area contributed by atoms with Crippen molar-refractivity contribution in [1.82, 2.24) is 0 Å². The number of thioether (sulfide) groups is 2. The Bertz CT molecular complexity index is 189. The van der Waals surface area contributed by atoms with Crippen LogP contribution in [0.2, 0.25) is 0 Å². The van der Waals surface area contributed by atoms with Crippen LogP contribution in [0.15, 0.2) is 11.6 Å². The molecule has 0 saturated carbocycles. The fourth-order valence-corrected chi connectivity index (χ4v) is 5.00. The minimum atomic E-state index is 0.889. The lowest BCUT2D eigenvalue weighted by atomic mass is 10.0. The van der Waals surface area contributed by atoms with E-state index in [2.05, 4.69) is 50.4 Å². The van der Waals surface area contributed by atoms with E-state index in [4.69, 9.17) is 0 Å². The Morgan fingerprint density at radius 1 is 1.33 bits per heavy atom. The maximum atomic E-state index is 2.41. The van der Waals surface area contributed by atoms with Crippen LogP contribution in [0.5, 0.6) is 0 Å². The van der Waals surface area contributed by atoms with E-state index < -0.39 is 0 Å². The van der Waals surface area contributed by atoms with E-state index in [0.29, 0.717) is 0 Å². The molecule has 0 aromatic carbocycles. The van der Waals surface area contributed by atoms with Crippen LogP contribution in [-0.4, -0.2) is 16.1 Å². The Labute approximate surface area is 104 Å². The van der Waals surface area contributed by atoms with Crippen LogP contribution in [0.4, 0.5) is 0 Å². The highest BCUT2D eigenvalue weighted by molar-refractivity contribution is 8.17. The number of allylic oxidation sites excluding steroid dienone is 2. The lowest BCUT2D eigenvalue weighted by molar-refractivity contribution is 0.517. The Hall–Kier alpha value is 0.440. The van der Waals surface area contributed by atoms with Gasteiger partial charge in [0, 0.05) is 0 Å². The second-order valence-corrected chi connectivity index (χ2v) is 7.64. The predicted octanol–water partition coefficient (Wildman–Crippen LogP) is 4.96. The van der Waals surface area contributed by atoms with Crippen molar-refractivity contribution in [3.63, 3.8) is 0 Å². The topological polar surface area (TPSA) is 0 Å². The summed E-state index contributed by atoms with van der Waals surface area (Å²) in [6.07, 6.45) is 7.83. The van der Waals surface area contributed by atoms with Crippen LogP contribution in [-0.2, 0) is 0 Å². The summed E-state index contributed by atoms with van der Waals surface area (Å²) in [6, 6.07) is 0. The Balaban J connectivity index is 2.11. The summed E-state index contributed by atoms with van der Waals surface area (Å²) >= 11 is 4.36. The van der Waals surface area contributed by atoms with Gasteiger partial charge in [-0.15, -0.1) is 23.5 Å². The van der Waals surface area contributed by atoms with E-state index in [-0.39, 0.29) is 0 Å². The first-order valence-electron chi connectivity index (χ1n) is 6.05. The van der Waals surface area contributed by atoms with Gasteiger partial charge in [-0.05, 0) is 57.0 Å². The molecule has 1 unspecified atom stereocenters. The van der Waals surface area contributed by atoms with Crippen LogP contribution in [0, 0.1) is 5.92 Å². The van der Waals surface area contributed by atoms with Crippen LogP contribution >= 0.6 is 23.5 Å². The summed E-state index contributed by atoms with van der Waals surface area (Å²) < 4.78 is 0.889. The van der Waals surface area contributed by atoms with Gasteiger partial charge in [0.2, 0.25) is 0 Å². The molecule has 0 aromatic heterocycles. The molecule has 1 aliphatic rings. The second kappa shape index (κ2) is 7.67. The van der Waals surface area contributed by atoms with Gasteiger partial charge in [0.15, 0.2) is 0 Å². The average molecular weight is 244 g/mol. The molecular weight excluding hydrogens is 220 g/mol. The van der Waals surface area contributed by atoms with Crippen molar-refractivity contribution in [1.29, 1.82) is 0 Å². The fourth-order valence-electron chi connectivity index (χ4n) is 1.78. The van der Waals surface area contributed by atoms with Crippen molar-refractivity contribution in [3.05, 3.63) is 11.6 Å². The average Bonchev–Trinajstić information content (AvgIpc) is 2.18. The molecule has 0 aliphatic carbocycles. The summed E-state index contributed by atoms with van der Waals surface area (Å²) in [6.45, 7) is 6.80. The minimum Gasteiger partial charge on any atom is -0.148 e. The highest BCUT2D eigenvalue weighted by Crippen LogP contribution is 2.35. The molecule has 0 nitrogen and oxygen atoms in total. The van der Waals surface area contributed by atoms with Crippen molar-refractivity contribution in [2.75, 3.05) is 11.5 Å². The zero-order valence-corrected chi connectivity index (χ0v) is 11.9. The lowest BCUT2D eigenvalue weighted by Gasteiger charge is -2.23. The first-order chi connectivity index (χ1) is 7.18. The maximum Gasteiger partial charge on any atom is 0.0505 e. The molecule has 1 heterocycles. The molecule has 0 amide bonds. The SMILES string of the molecule is CC(C)=CCCC(C)CC1SCCCS1. The molecule has 0 spiro atoms. The zero-order chi connectivity index (χ0) is 11.1. The van der Waals surface area contributed by atoms with Crippen molar-refractivity contribution >= 4 is 23.5 Å². The quantitative estimate of drug-likeness (QED) is 0.627. The van der Waals surface area contributed by atoms with Gasteiger partial charge in [-0.25, -0.2) is 0 Å². The molecular formula is C13H24S2. The summed E-state index contributed by atoms with van der Waals surface area (Å²) in [5, 5.41) is 0. The van der Waals surface area contributed by atoms with Gasteiger partial charge in [-0.2, -0.15) is 0 Å². The molecule has 1 aliphatic heterocycles. The fraction of sp³-hybridized carbons (Fsp3) is 0.846. The monoisotopic (exact) mass is 244 g/mol. The van der Waals surface area contributed by atoms with Crippen LogP contribution in [0.1, 0.15) is 46.5 Å². The standard InChI is InChI=1S/C13H24S2/c1-11(2)6-4-7-12(3)10-13-14-8-5-9-15-13/h6,12-13H,4-5,7-10H2,1-3H3. The molecule has 0 bridgehead atoms. The van der Waals surface area contributed by atoms with Gasteiger partial charge in [0.05, 0.1) is 4.58 Å².